The molecule has 0 saturated heterocycles. The van der Waals surface area contributed by atoms with Crippen LogP contribution in [0.25, 0.3) is 11.3 Å². The summed E-state index contributed by atoms with van der Waals surface area (Å²) in [5.41, 5.74) is 1.66. The summed E-state index contributed by atoms with van der Waals surface area (Å²) in [6.45, 7) is 1.79. The van der Waals surface area contributed by atoms with E-state index < -0.39 is 0 Å². The van der Waals surface area contributed by atoms with E-state index in [0.717, 1.165) is 0 Å². The molecule has 0 N–H and O–H groups in total. The highest BCUT2D eigenvalue weighted by Crippen LogP contribution is 2.21. The van der Waals surface area contributed by atoms with Crippen LogP contribution in [0, 0.1) is 12.7 Å². The predicted molar refractivity (Wildman–Crippen MR) is 57.2 cm³/mol. The van der Waals surface area contributed by atoms with Crippen LogP contribution in [0.15, 0.2) is 30.3 Å². The van der Waals surface area contributed by atoms with Gasteiger partial charge >= 0.3 is 0 Å². The summed E-state index contributed by atoms with van der Waals surface area (Å²) in [4.78, 5) is 7.90. The van der Waals surface area contributed by atoms with Crippen molar-refractivity contribution in [2.24, 2.45) is 0 Å². The number of halogens is 2. The first-order chi connectivity index (χ1) is 7.16. The number of benzene rings is 1. The van der Waals surface area contributed by atoms with Crippen molar-refractivity contribution in [1.29, 1.82) is 0 Å². The summed E-state index contributed by atoms with van der Waals surface area (Å²) in [6.07, 6.45) is 0. The SMILES string of the molecule is Cc1cc(-c2ccccc2F)nc(Cl)n1. The second-order valence-electron chi connectivity index (χ2n) is 3.14. The van der Waals surface area contributed by atoms with Crippen molar-refractivity contribution in [3.63, 3.8) is 0 Å². The molecule has 0 amide bonds. The fraction of sp³-hybridized carbons (Fsp3) is 0.0909. The van der Waals surface area contributed by atoms with E-state index in [-0.39, 0.29) is 11.1 Å². The van der Waals surface area contributed by atoms with E-state index in [1.54, 1.807) is 31.2 Å². The smallest absolute Gasteiger partial charge is 0.223 e. The molecular formula is C11H8ClFN2. The van der Waals surface area contributed by atoms with Crippen molar-refractivity contribution in [2.75, 3.05) is 0 Å². The van der Waals surface area contributed by atoms with Crippen LogP contribution in [0.4, 0.5) is 4.39 Å². The first kappa shape index (κ1) is 10.1. The van der Waals surface area contributed by atoms with Gasteiger partial charge in [-0.25, -0.2) is 14.4 Å². The predicted octanol–water partition coefficient (Wildman–Crippen LogP) is 3.24. The molecule has 0 saturated carbocycles. The molecule has 2 rings (SSSR count). The molecular weight excluding hydrogens is 215 g/mol. The lowest BCUT2D eigenvalue weighted by atomic mass is 10.1. The monoisotopic (exact) mass is 222 g/mol. The zero-order valence-corrected chi connectivity index (χ0v) is 8.79. The zero-order valence-electron chi connectivity index (χ0n) is 8.04. The fourth-order valence-electron chi connectivity index (χ4n) is 1.34. The molecule has 0 atom stereocenters. The number of hydrogen-bond donors (Lipinski definition) is 0. The summed E-state index contributed by atoms with van der Waals surface area (Å²) < 4.78 is 13.4. The lowest BCUT2D eigenvalue weighted by molar-refractivity contribution is 0.630. The molecule has 1 aromatic heterocycles. The minimum absolute atomic E-state index is 0.133. The molecule has 0 spiro atoms. The van der Waals surface area contributed by atoms with Crippen LogP contribution in [0.5, 0.6) is 0 Å². The molecule has 0 aliphatic rings. The van der Waals surface area contributed by atoms with Gasteiger partial charge in [-0.3, -0.25) is 0 Å². The Bertz CT molecular complexity index is 479. The summed E-state index contributed by atoms with van der Waals surface area (Å²) in [6, 6.07) is 8.14. The Kier molecular flexibility index (Phi) is 2.64. The minimum atomic E-state index is -0.313. The maximum atomic E-state index is 13.4. The van der Waals surface area contributed by atoms with Crippen LogP contribution < -0.4 is 0 Å². The normalized spacial score (nSPS) is 10.3. The van der Waals surface area contributed by atoms with Crippen LogP contribution in [0.1, 0.15) is 5.69 Å². The first-order valence-electron chi connectivity index (χ1n) is 4.43. The third-order valence-corrected chi connectivity index (χ3v) is 2.15. The van der Waals surface area contributed by atoms with E-state index >= 15 is 0 Å². The summed E-state index contributed by atoms with van der Waals surface area (Å²) in [7, 11) is 0. The van der Waals surface area contributed by atoms with Gasteiger partial charge in [0.1, 0.15) is 5.82 Å². The van der Waals surface area contributed by atoms with Crippen molar-refractivity contribution in [2.45, 2.75) is 6.92 Å². The maximum Gasteiger partial charge on any atom is 0.223 e. The van der Waals surface area contributed by atoms with E-state index in [2.05, 4.69) is 9.97 Å². The molecule has 1 aromatic carbocycles. The molecule has 2 aromatic rings. The Morgan fingerprint density at radius 3 is 2.60 bits per heavy atom. The fourth-order valence-corrected chi connectivity index (χ4v) is 1.56. The molecule has 4 heteroatoms. The standard InChI is InChI=1S/C11H8ClFN2/c1-7-6-10(15-11(12)14-7)8-4-2-3-5-9(8)13/h2-6H,1H3. The Morgan fingerprint density at radius 2 is 1.93 bits per heavy atom. The van der Waals surface area contributed by atoms with Gasteiger partial charge in [0.15, 0.2) is 0 Å². The quantitative estimate of drug-likeness (QED) is 0.693. The van der Waals surface area contributed by atoms with Crippen LogP contribution in [-0.2, 0) is 0 Å². The average Bonchev–Trinajstić information content (AvgIpc) is 2.16. The van der Waals surface area contributed by atoms with Gasteiger partial charge in [0.2, 0.25) is 5.28 Å². The van der Waals surface area contributed by atoms with Gasteiger partial charge in [-0.1, -0.05) is 12.1 Å². The van der Waals surface area contributed by atoms with Gasteiger partial charge in [-0.15, -0.1) is 0 Å². The highest BCUT2D eigenvalue weighted by atomic mass is 35.5. The number of aryl methyl sites for hydroxylation is 1. The van der Waals surface area contributed by atoms with Gasteiger partial charge < -0.3 is 0 Å². The molecule has 0 aliphatic carbocycles. The van der Waals surface area contributed by atoms with E-state index in [1.807, 2.05) is 0 Å². The van der Waals surface area contributed by atoms with E-state index in [1.165, 1.54) is 6.07 Å². The third-order valence-electron chi connectivity index (χ3n) is 1.98. The van der Waals surface area contributed by atoms with Crippen LogP contribution in [0.3, 0.4) is 0 Å². The number of rotatable bonds is 1. The summed E-state index contributed by atoms with van der Waals surface area (Å²) >= 11 is 5.71. The Labute approximate surface area is 91.8 Å². The highest BCUT2D eigenvalue weighted by molar-refractivity contribution is 6.28. The highest BCUT2D eigenvalue weighted by Gasteiger charge is 2.07. The Hall–Kier alpha value is -1.48. The van der Waals surface area contributed by atoms with Crippen molar-refractivity contribution in [1.82, 2.24) is 9.97 Å². The van der Waals surface area contributed by atoms with Gasteiger partial charge in [-0.2, -0.15) is 0 Å². The van der Waals surface area contributed by atoms with Gasteiger partial charge in [-0.05, 0) is 36.7 Å². The van der Waals surface area contributed by atoms with Gasteiger partial charge in [0.25, 0.3) is 0 Å². The molecule has 0 aliphatic heterocycles. The topological polar surface area (TPSA) is 25.8 Å². The average molecular weight is 223 g/mol. The molecule has 0 bridgehead atoms. The zero-order chi connectivity index (χ0) is 10.8. The third kappa shape index (κ3) is 2.13. The second kappa shape index (κ2) is 3.95. The molecule has 0 fully saturated rings. The number of hydrogen-bond acceptors (Lipinski definition) is 2. The lowest BCUT2D eigenvalue weighted by Crippen LogP contribution is -1.92. The second-order valence-corrected chi connectivity index (χ2v) is 3.48. The molecule has 15 heavy (non-hydrogen) atoms. The van der Waals surface area contributed by atoms with Crippen molar-refractivity contribution in [3.05, 3.63) is 47.1 Å². The summed E-state index contributed by atoms with van der Waals surface area (Å²) in [5, 5.41) is 0.133. The van der Waals surface area contributed by atoms with Crippen LogP contribution in [0.2, 0.25) is 5.28 Å². The van der Waals surface area contributed by atoms with Crippen molar-refractivity contribution in [3.8, 4) is 11.3 Å². The van der Waals surface area contributed by atoms with E-state index in [0.29, 0.717) is 17.0 Å². The molecule has 2 nitrogen and oxygen atoms in total. The van der Waals surface area contributed by atoms with Crippen LogP contribution >= 0.6 is 11.6 Å². The summed E-state index contributed by atoms with van der Waals surface area (Å²) in [5.74, 6) is -0.313. The largest absolute Gasteiger partial charge is 0.223 e. The first-order valence-corrected chi connectivity index (χ1v) is 4.81. The van der Waals surface area contributed by atoms with Gasteiger partial charge in [0.05, 0.1) is 5.69 Å². The number of nitrogens with zero attached hydrogens (tertiary/aromatic N) is 2. The van der Waals surface area contributed by atoms with Crippen molar-refractivity contribution < 1.29 is 4.39 Å². The Morgan fingerprint density at radius 1 is 1.20 bits per heavy atom. The van der Waals surface area contributed by atoms with E-state index in [4.69, 9.17) is 11.6 Å². The molecule has 76 valence electrons. The van der Waals surface area contributed by atoms with Gasteiger partial charge in [0, 0.05) is 11.3 Å². The Balaban J connectivity index is 2.59. The lowest BCUT2D eigenvalue weighted by Gasteiger charge is -2.03. The maximum absolute atomic E-state index is 13.4. The molecule has 0 unspecified atom stereocenters. The molecule has 1 heterocycles. The number of aromatic nitrogens is 2. The van der Waals surface area contributed by atoms with Crippen LogP contribution in [-0.4, -0.2) is 9.97 Å². The van der Waals surface area contributed by atoms with Crippen molar-refractivity contribution >= 4 is 11.6 Å². The molecule has 0 radical (unpaired) electrons. The minimum Gasteiger partial charge on any atom is -0.223 e. The van der Waals surface area contributed by atoms with E-state index in [9.17, 15) is 4.39 Å².